The highest BCUT2D eigenvalue weighted by atomic mass is 16.5. The normalized spacial score (nSPS) is 16.3. The largest absolute Gasteiger partial charge is 0.468 e. The SMILES string of the molecule is CCC(CC)N(CCOC)C(=O)NCC(c1ccco1)N1CCCC1. The molecule has 6 nitrogen and oxygen atoms in total. The van der Waals surface area contributed by atoms with Crippen LogP contribution in [0.5, 0.6) is 0 Å². The average molecular weight is 351 g/mol. The summed E-state index contributed by atoms with van der Waals surface area (Å²) in [5, 5.41) is 3.14. The number of hydrogen-bond donors (Lipinski definition) is 1. The van der Waals surface area contributed by atoms with Crippen molar-refractivity contribution in [3.05, 3.63) is 24.2 Å². The van der Waals surface area contributed by atoms with Crippen LogP contribution in [0, 0.1) is 0 Å². The smallest absolute Gasteiger partial charge is 0.317 e. The van der Waals surface area contributed by atoms with E-state index in [0.717, 1.165) is 31.7 Å². The number of methoxy groups -OCH3 is 1. The Labute approximate surface area is 151 Å². The lowest BCUT2D eigenvalue weighted by atomic mass is 10.1. The Morgan fingerprint density at radius 2 is 2.08 bits per heavy atom. The summed E-state index contributed by atoms with van der Waals surface area (Å²) in [6.07, 6.45) is 6.01. The van der Waals surface area contributed by atoms with E-state index in [1.165, 1.54) is 12.8 Å². The standard InChI is InChI=1S/C19H33N3O3/c1-4-16(5-2)22(12-14-24-3)19(23)20-15-17(18-9-8-13-25-18)21-10-6-7-11-21/h8-9,13,16-17H,4-7,10-12,14-15H2,1-3H3,(H,20,23). The van der Waals surface area contributed by atoms with Gasteiger partial charge < -0.3 is 19.4 Å². The van der Waals surface area contributed by atoms with E-state index in [2.05, 4.69) is 24.1 Å². The Morgan fingerprint density at radius 1 is 1.36 bits per heavy atom. The quantitative estimate of drug-likeness (QED) is 0.703. The third-order valence-corrected chi connectivity index (χ3v) is 5.08. The summed E-state index contributed by atoms with van der Waals surface area (Å²) >= 11 is 0. The molecule has 0 aliphatic carbocycles. The first-order chi connectivity index (χ1) is 12.2. The van der Waals surface area contributed by atoms with Gasteiger partial charge in [0.05, 0.1) is 18.9 Å². The second-order valence-electron chi connectivity index (χ2n) is 6.62. The predicted molar refractivity (Wildman–Crippen MR) is 98.6 cm³/mol. The molecular weight excluding hydrogens is 318 g/mol. The molecular formula is C19H33N3O3. The van der Waals surface area contributed by atoms with E-state index in [0.29, 0.717) is 19.7 Å². The maximum absolute atomic E-state index is 12.8. The van der Waals surface area contributed by atoms with Gasteiger partial charge in [-0.05, 0) is 50.9 Å². The first kappa shape index (κ1) is 19.8. The van der Waals surface area contributed by atoms with Crippen LogP contribution in [0.15, 0.2) is 22.8 Å². The van der Waals surface area contributed by atoms with Gasteiger partial charge in [-0.25, -0.2) is 4.79 Å². The molecule has 25 heavy (non-hydrogen) atoms. The van der Waals surface area contributed by atoms with E-state index in [-0.39, 0.29) is 18.1 Å². The Kier molecular flexibility index (Phi) is 8.28. The van der Waals surface area contributed by atoms with Crippen LogP contribution in [0.3, 0.4) is 0 Å². The van der Waals surface area contributed by atoms with Gasteiger partial charge in [0, 0.05) is 26.2 Å². The minimum Gasteiger partial charge on any atom is -0.468 e. The zero-order valence-corrected chi connectivity index (χ0v) is 15.9. The number of amides is 2. The van der Waals surface area contributed by atoms with Crippen LogP contribution in [0.25, 0.3) is 0 Å². The number of ether oxygens (including phenoxy) is 1. The maximum atomic E-state index is 12.8. The van der Waals surface area contributed by atoms with Crippen LogP contribution in [0.4, 0.5) is 4.79 Å². The first-order valence-electron chi connectivity index (χ1n) is 9.52. The summed E-state index contributed by atoms with van der Waals surface area (Å²) in [5.41, 5.74) is 0. The number of rotatable bonds is 10. The molecule has 1 aromatic rings. The molecule has 1 aromatic heterocycles. The van der Waals surface area contributed by atoms with Gasteiger partial charge in [0.1, 0.15) is 5.76 Å². The highest BCUT2D eigenvalue weighted by Gasteiger charge is 2.27. The number of furan rings is 1. The van der Waals surface area contributed by atoms with Crippen molar-refractivity contribution in [1.29, 1.82) is 0 Å². The van der Waals surface area contributed by atoms with Gasteiger partial charge in [-0.1, -0.05) is 13.8 Å². The van der Waals surface area contributed by atoms with E-state index in [1.807, 2.05) is 17.0 Å². The molecule has 0 saturated carbocycles. The molecule has 2 amide bonds. The molecule has 1 aliphatic rings. The predicted octanol–water partition coefficient (Wildman–Crippen LogP) is 3.26. The van der Waals surface area contributed by atoms with Gasteiger partial charge in [-0.3, -0.25) is 4.90 Å². The molecule has 0 spiro atoms. The van der Waals surface area contributed by atoms with Gasteiger partial charge in [-0.2, -0.15) is 0 Å². The third kappa shape index (κ3) is 5.47. The zero-order chi connectivity index (χ0) is 18.1. The fourth-order valence-electron chi connectivity index (χ4n) is 3.60. The van der Waals surface area contributed by atoms with Crippen molar-refractivity contribution in [1.82, 2.24) is 15.1 Å². The molecule has 0 aromatic carbocycles. The van der Waals surface area contributed by atoms with Crippen molar-refractivity contribution in [3.8, 4) is 0 Å². The average Bonchev–Trinajstić information content (AvgIpc) is 3.33. The molecule has 0 radical (unpaired) electrons. The highest BCUT2D eigenvalue weighted by molar-refractivity contribution is 5.74. The van der Waals surface area contributed by atoms with Gasteiger partial charge in [0.15, 0.2) is 0 Å². The minimum atomic E-state index is -0.0125. The van der Waals surface area contributed by atoms with Gasteiger partial charge in [0.25, 0.3) is 0 Å². The first-order valence-corrected chi connectivity index (χ1v) is 9.52. The molecule has 1 unspecified atom stereocenters. The second kappa shape index (κ2) is 10.5. The lowest BCUT2D eigenvalue weighted by Crippen LogP contribution is -2.49. The summed E-state index contributed by atoms with van der Waals surface area (Å²) in [7, 11) is 1.67. The highest BCUT2D eigenvalue weighted by Crippen LogP contribution is 2.25. The number of hydrogen-bond acceptors (Lipinski definition) is 4. The topological polar surface area (TPSA) is 58.0 Å². The molecule has 6 heteroatoms. The summed E-state index contributed by atoms with van der Waals surface area (Å²) < 4.78 is 10.8. The van der Waals surface area contributed by atoms with Crippen molar-refractivity contribution in [3.63, 3.8) is 0 Å². The number of carbonyl (C=O) groups excluding carboxylic acids is 1. The van der Waals surface area contributed by atoms with Crippen LogP contribution >= 0.6 is 0 Å². The number of carbonyl (C=O) groups is 1. The van der Waals surface area contributed by atoms with Crippen molar-refractivity contribution >= 4 is 6.03 Å². The van der Waals surface area contributed by atoms with Crippen molar-refractivity contribution < 1.29 is 13.9 Å². The van der Waals surface area contributed by atoms with E-state index >= 15 is 0 Å². The molecule has 1 atom stereocenters. The number of nitrogens with zero attached hydrogens (tertiary/aromatic N) is 2. The lowest BCUT2D eigenvalue weighted by Gasteiger charge is -2.32. The number of likely N-dealkylation sites (tertiary alicyclic amines) is 1. The van der Waals surface area contributed by atoms with Crippen LogP contribution in [-0.4, -0.2) is 61.8 Å². The Balaban J connectivity index is 1.99. The fourth-order valence-corrected chi connectivity index (χ4v) is 3.60. The van der Waals surface area contributed by atoms with Crippen molar-refractivity contribution in [2.24, 2.45) is 0 Å². The summed E-state index contributed by atoms with van der Waals surface area (Å²) in [5.74, 6) is 0.924. The lowest BCUT2D eigenvalue weighted by molar-refractivity contribution is 0.123. The molecule has 1 saturated heterocycles. The van der Waals surface area contributed by atoms with Crippen LogP contribution < -0.4 is 5.32 Å². The van der Waals surface area contributed by atoms with Crippen molar-refractivity contribution in [2.45, 2.75) is 51.6 Å². The molecule has 1 N–H and O–H groups in total. The van der Waals surface area contributed by atoms with Crippen molar-refractivity contribution in [2.75, 3.05) is 39.9 Å². The number of nitrogens with one attached hydrogen (secondary N) is 1. The zero-order valence-electron chi connectivity index (χ0n) is 15.9. The summed E-state index contributed by atoms with van der Waals surface area (Å²) in [6.45, 7) is 8.09. The molecule has 0 bridgehead atoms. The van der Waals surface area contributed by atoms with E-state index in [1.54, 1.807) is 13.4 Å². The van der Waals surface area contributed by atoms with Crippen LogP contribution in [0.2, 0.25) is 0 Å². The molecule has 142 valence electrons. The Hall–Kier alpha value is -1.53. The minimum absolute atomic E-state index is 0.0125. The van der Waals surface area contributed by atoms with E-state index in [9.17, 15) is 4.79 Å². The summed E-state index contributed by atoms with van der Waals surface area (Å²) in [6, 6.07) is 4.24. The van der Waals surface area contributed by atoms with Crippen LogP contribution in [0.1, 0.15) is 51.3 Å². The fraction of sp³-hybridized carbons (Fsp3) is 0.737. The molecule has 2 heterocycles. The Morgan fingerprint density at radius 3 is 2.64 bits per heavy atom. The van der Waals surface area contributed by atoms with E-state index < -0.39 is 0 Å². The summed E-state index contributed by atoms with van der Waals surface area (Å²) in [4.78, 5) is 17.1. The molecule has 1 aliphatic heterocycles. The molecule has 2 rings (SSSR count). The monoisotopic (exact) mass is 351 g/mol. The maximum Gasteiger partial charge on any atom is 0.317 e. The Bertz CT molecular complexity index is 482. The van der Waals surface area contributed by atoms with Gasteiger partial charge in [0.2, 0.25) is 0 Å². The number of urea groups is 1. The van der Waals surface area contributed by atoms with Gasteiger partial charge in [-0.15, -0.1) is 0 Å². The molecule has 1 fully saturated rings. The van der Waals surface area contributed by atoms with Crippen LogP contribution in [-0.2, 0) is 4.74 Å². The van der Waals surface area contributed by atoms with E-state index in [4.69, 9.17) is 9.15 Å². The third-order valence-electron chi connectivity index (χ3n) is 5.08. The second-order valence-corrected chi connectivity index (χ2v) is 6.62. The van der Waals surface area contributed by atoms with Gasteiger partial charge >= 0.3 is 6.03 Å².